The third-order valence-corrected chi connectivity index (χ3v) is 4.40. The Hall–Kier alpha value is -3.15. The van der Waals surface area contributed by atoms with E-state index in [1.165, 1.54) is 12.0 Å². The number of imide groups is 1. The molecule has 0 saturated heterocycles. The van der Waals surface area contributed by atoms with Crippen LogP contribution in [0.5, 0.6) is 5.75 Å². The highest BCUT2D eigenvalue weighted by atomic mass is 16.5. The molecule has 2 aromatic carbocycles. The molecule has 1 heterocycles. The standard InChI is InChI=1S/C21H22N2O4/c1-13(2)11-22-19(24)17-10-14(8-9-18(17)27-3)12-23-20(25)15-6-4-5-7-16(15)21(23)26/h4-10,13H,11-12H2,1-3H3,(H,22,24). The summed E-state index contributed by atoms with van der Waals surface area (Å²) in [6, 6.07) is 11.9. The highest BCUT2D eigenvalue weighted by molar-refractivity contribution is 6.21. The first-order valence-corrected chi connectivity index (χ1v) is 8.82. The van der Waals surface area contributed by atoms with Gasteiger partial charge in [0.2, 0.25) is 0 Å². The fraction of sp³-hybridized carbons (Fsp3) is 0.286. The SMILES string of the molecule is COc1ccc(CN2C(=O)c3ccccc3C2=O)cc1C(=O)NCC(C)C. The molecule has 0 unspecified atom stereocenters. The van der Waals surface area contributed by atoms with E-state index in [9.17, 15) is 14.4 Å². The number of benzene rings is 2. The van der Waals surface area contributed by atoms with E-state index in [4.69, 9.17) is 4.74 Å². The second-order valence-corrected chi connectivity index (χ2v) is 6.88. The van der Waals surface area contributed by atoms with Crippen molar-refractivity contribution in [2.45, 2.75) is 20.4 Å². The number of ether oxygens (including phenoxy) is 1. The van der Waals surface area contributed by atoms with E-state index in [1.807, 2.05) is 13.8 Å². The van der Waals surface area contributed by atoms with Gasteiger partial charge in [0.05, 0.1) is 30.3 Å². The van der Waals surface area contributed by atoms with Crippen LogP contribution in [0.4, 0.5) is 0 Å². The van der Waals surface area contributed by atoms with Crippen molar-refractivity contribution < 1.29 is 19.1 Å². The van der Waals surface area contributed by atoms with Crippen LogP contribution in [-0.2, 0) is 6.54 Å². The lowest BCUT2D eigenvalue weighted by Gasteiger charge is -2.16. The lowest BCUT2D eigenvalue weighted by Crippen LogP contribution is -2.30. The monoisotopic (exact) mass is 366 g/mol. The van der Waals surface area contributed by atoms with Crippen molar-refractivity contribution in [3.8, 4) is 5.75 Å². The van der Waals surface area contributed by atoms with Crippen LogP contribution in [0.1, 0.15) is 50.5 Å². The third kappa shape index (κ3) is 3.69. The zero-order valence-corrected chi connectivity index (χ0v) is 15.6. The molecule has 0 fully saturated rings. The van der Waals surface area contributed by atoms with E-state index in [1.54, 1.807) is 42.5 Å². The molecule has 0 spiro atoms. The molecule has 2 aromatic rings. The fourth-order valence-corrected chi connectivity index (χ4v) is 2.99. The molecule has 1 N–H and O–H groups in total. The summed E-state index contributed by atoms with van der Waals surface area (Å²) in [6.45, 7) is 4.66. The van der Waals surface area contributed by atoms with Crippen molar-refractivity contribution in [3.63, 3.8) is 0 Å². The van der Waals surface area contributed by atoms with Gasteiger partial charge in [-0.25, -0.2) is 0 Å². The first kappa shape index (κ1) is 18.6. The van der Waals surface area contributed by atoms with Crippen LogP contribution in [0.3, 0.4) is 0 Å². The Labute approximate surface area is 158 Å². The summed E-state index contributed by atoms with van der Waals surface area (Å²) < 4.78 is 5.28. The molecule has 0 bridgehead atoms. The van der Waals surface area contributed by atoms with Crippen LogP contribution in [0.2, 0.25) is 0 Å². The Morgan fingerprint density at radius 1 is 1.07 bits per heavy atom. The molecule has 0 atom stereocenters. The van der Waals surface area contributed by atoms with Crippen molar-refractivity contribution >= 4 is 17.7 Å². The minimum absolute atomic E-state index is 0.0980. The first-order chi connectivity index (χ1) is 12.9. The normalized spacial score (nSPS) is 13.1. The highest BCUT2D eigenvalue weighted by Gasteiger charge is 2.35. The summed E-state index contributed by atoms with van der Waals surface area (Å²) in [7, 11) is 1.50. The van der Waals surface area contributed by atoms with Gasteiger partial charge in [-0.3, -0.25) is 19.3 Å². The van der Waals surface area contributed by atoms with Crippen molar-refractivity contribution in [2.75, 3.05) is 13.7 Å². The predicted octanol–water partition coefficient (Wildman–Crippen LogP) is 2.88. The predicted molar refractivity (Wildman–Crippen MR) is 101 cm³/mol. The second kappa shape index (κ2) is 7.61. The molecule has 1 aliphatic rings. The van der Waals surface area contributed by atoms with E-state index < -0.39 is 0 Å². The summed E-state index contributed by atoms with van der Waals surface area (Å²) in [5.41, 5.74) is 1.88. The summed E-state index contributed by atoms with van der Waals surface area (Å²) in [6.07, 6.45) is 0. The Morgan fingerprint density at radius 2 is 1.70 bits per heavy atom. The minimum atomic E-state index is -0.322. The Balaban J connectivity index is 1.84. The summed E-state index contributed by atoms with van der Waals surface area (Å²) in [4.78, 5) is 38.7. The molecule has 0 aromatic heterocycles. The van der Waals surface area contributed by atoms with Gasteiger partial charge in [-0.2, -0.15) is 0 Å². The Kier molecular flexibility index (Phi) is 5.26. The van der Waals surface area contributed by atoms with E-state index in [0.29, 0.717) is 40.5 Å². The maximum absolute atomic E-state index is 12.5. The smallest absolute Gasteiger partial charge is 0.261 e. The van der Waals surface area contributed by atoms with Crippen LogP contribution in [-0.4, -0.2) is 36.3 Å². The number of rotatable bonds is 6. The number of carbonyl (C=O) groups is 3. The van der Waals surface area contributed by atoms with Crippen molar-refractivity contribution in [3.05, 3.63) is 64.7 Å². The highest BCUT2D eigenvalue weighted by Crippen LogP contribution is 2.26. The molecule has 27 heavy (non-hydrogen) atoms. The molecule has 6 heteroatoms. The number of hydrogen-bond acceptors (Lipinski definition) is 4. The third-order valence-electron chi connectivity index (χ3n) is 4.40. The zero-order chi connectivity index (χ0) is 19.6. The quantitative estimate of drug-likeness (QED) is 0.798. The molecule has 140 valence electrons. The maximum Gasteiger partial charge on any atom is 0.261 e. The van der Waals surface area contributed by atoms with Gasteiger partial charge in [0, 0.05) is 6.54 Å². The number of nitrogens with zero attached hydrogens (tertiary/aromatic N) is 1. The van der Waals surface area contributed by atoms with Crippen LogP contribution >= 0.6 is 0 Å². The number of methoxy groups -OCH3 is 1. The average Bonchev–Trinajstić information content (AvgIpc) is 2.91. The van der Waals surface area contributed by atoms with Crippen LogP contribution in [0.25, 0.3) is 0 Å². The number of carbonyl (C=O) groups excluding carboxylic acids is 3. The number of amides is 3. The van der Waals surface area contributed by atoms with Crippen molar-refractivity contribution in [1.82, 2.24) is 10.2 Å². The molecule has 3 rings (SSSR count). The van der Waals surface area contributed by atoms with Gasteiger partial charge in [0.25, 0.3) is 17.7 Å². The number of fused-ring (bicyclic) bond motifs is 1. The van der Waals surface area contributed by atoms with Gasteiger partial charge in [-0.1, -0.05) is 32.0 Å². The molecule has 6 nitrogen and oxygen atoms in total. The van der Waals surface area contributed by atoms with Gasteiger partial charge in [-0.05, 0) is 35.7 Å². The number of nitrogens with one attached hydrogen (secondary N) is 1. The van der Waals surface area contributed by atoms with Crippen molar-refractivity contribution in [2.24, 2.45) is 5.92 Å². The van der Waals surface area contributed by atoms with Gasteiger partial charge >= 0.3 is 0 Å². The molecular formula is C21H22N2O4. The molecule has 1 aliphatic heterocycles. The summed E-state index contributed by atoms with van der Waals surface area (Å²) in [5, 5.41) is 2.86. The first-order valence-electron chi connectivity index (χ1n) is 8.82. The zero-order valence-electron chi connectivity index (χ0n) is 15.6. The van der Waals surface area contributed by atoms with E-state index in [2.05, 4.69) is 5.32 Å². The van der Waals surface area contributed by atoms with E-state index >= 15 is 0 Å². The van der Waals surface area contributed by atoms with Crippen LogP contribution < -0.4 is 10.1 Å². The van der Waals surface area contributed by atoms with Gasteiger partial charge < -0.3 is 10.1 Å². The van der Waals surface area contributed by atoms with Crippen molar-refractivity contribution in [1.29, 1.82) is 0 Å². The molecule has 0 radical (unpaired) electrons. The lowest BCUT2D eigenvalue weighted by molar-refractivity contribution is 0.0642. The number of hydrogen-bond donors (Lipinski definition) is 1. The maximum atomic E-state index is 12.5. The summed E-state index contributed by atoms with van der Waals surface area (Å²) in [5.74, 6) is -0.122. The van der Waals surface area contributed by atoms with E-state index in [0.717, 1.165) is 0 Å². The molecule has 0 saturated carbocycles. The molecular weight excluding hydrogens is 344 g/mol. The average molecular weight is 366 g/mol. The Bertz CT molecular complexity index is 870. The fourth-order valence-electron chi connectivity index (χ4n) is 2.99. The topological polar surface area (TPSA) is 75.7 Å². The van der Waals surface area contributed by atoms with Gasteiger partial charge in [0.15, 0.2) is 0 Å². The molecule has 0 aliphatic carbocycles. The van der Waals surface area contributed by atoms with Crippen LogP contribution in [0, 0.1) is 5.92 Å². The minimum Gasteiger partial charge on any atom is -0.496 e. The van der Waals surface area contributed by atoms with E-state index in [-0.39, 0.29) is 24.3 Å². The largest absolute Gasteiger partial charge is 0.496 e. The molecule has 3 amide bonds. The Morgan fingerprint density at radius 3 is 2.26 bits per heavy atom. The summed E-state index contributed by atoms with van der Waals surface area (Å²) >= 11 is 0. The van der Waals surface area contributed by atoms with Gasteiger partial charge in [-0.15, -0.1) is 0 Å². The second-order valence-electron chi connectivity index (χ2n) is 6.88. The van der Waals surface area contributed by atoms with Gasteiger partial charge in [0.1, 0.15) is 5.75 Å². The lowest BCUT2D eigenvalue weighted by atomic mass is 10.1. The van der Waals surface area contributed by atoms with Crippen LogP contribution in [0.15, 0.2) is 42.5 Å².